The molecule has 5 heteroatoms. The second-order valence-corrected chi connectivity index (χ2v) is 7.77. The Balaban J connectivity index is 1.40. The van der Waals surface area contributed by atoms with E-state index < -0.39 is 0 Å². The first-order valence-corrected chi connectivity index (χ1v) is 10.7. The van der Waals surface area contributed by atoms with E-state index >= 15 is 0 Å². The summed E-state index contributed by atoms with van der Waals surface area (Å²) in [6, 6.07) is 26.0. The maximum Gasteiger partial charge on any atom is 0.241 e. The quantitative estimate of drug-likeness (QED) is 0.643. The maximum absolute atomic E-state index is 13.1. The van der Waals surface area contributed by atoms with Crippen LogP contribution < -0.4 is 15.0 Å². The van der Waals surface area contributed by atoms with Gasteiger partial charge in [0.15, 0.2) is 0 Å². The number of hydrogen-bond donors (Lipinski definition) is 1. The van der Waals surface area contributed by atoms with Gasteiger partial charge in [-0.15, -0.1) is 0 Å². The van der Waals surface area contributed by atoms with Crippen LogP contribution in [0.2, 0.25) is 0 Å². The highest BCUT2D eigenvalue weighted by atomic mass is 16.5. The molecule has 3 aromatic rings. The number of nitrogens with one attached hydrogen (secondary N) is 1. The number of anilines is 2. The van der Waals surface area contributed by atoms with Gasteiger partial charge in [0.2, 0.25) is 5.91 Å². The fourth-order valence-corrected chi connectivity index (χ4v) is 4.11. The predicted molar refractivity (Wildman–Crippen MR) is 127 cm³/mol. The number of para-hydroxylation sites is 3. The van der Waals surface area contributed by atoms with Crippen molar-refractivity contribution in [3.63, 3.8) is 0 Å². The van der Waals surface area contributed by atoms with Gasteiger partial charge in [-0.2, -0.15) is 0 Å². The zero-order chi connectivity index (χ0) is 21.6. The van der Waals surface area contributed by atoms with Gasteiger partial charge in [0, 0.05) is 37.4 Å². The number of ether oxygens (including phenoxy) is 1. The number of carbonyl (C=O) groups is 1. The third kappa shape index (κ3) is 4.72. The van der Waals surface area contributed by atoms with Gasteiger partial charge in [0.1, 0.15) is 5.75 Å². The van der Waals surface area contributed by atoms with Gasteiger partial charge in [-0.1, -0.05) is 60.7 Å². The molecule has 160 valence electrons. The fraction of sp³-hybridized carbons (Fsp3) is 0.269. The second kappa shape index (κ2) is 9.67. The molecule has 31 heavy (non-hydrogen) atoms. The smallest absolute Gasteiger partial charge is 0.241 e. The van der Waals surface area contributed by atoms with Gasteiger partial charge < -0.3 is 15.0 Å². The summed E-state index contributed by atoms with van der Waals surface area (Å²) < 4.78 is 5.51. The molecule has 4 rings (SSSR count). The third-order valence-corrected chi connectivity index (χ3v) is 5.94. The first-order valence-electron chi connectivity index (χ1n) is 10.7. The Hall–Kier alpha value is -3.31. The average Bonchev–Trinajstić information content (AvgIpc) is 2.84. The van der Waals surface area contributed by atoms with Gasteiger partial charge in [0.25, 0.3) is 0 Å². The van der Waals surface area contributed by atoms with Crippen LogP contribution in [0.1, 0.15) is 6.92 Å². The van der Waals surface area contributed by atoms with Crippen molar-refractivity contribution in [3.8, 4) is 16.9 Å². The summed E-state index contributed by atoms with van der Waals surface area (Å²) in [7, 11) is 1.70. The third-order valence-electron chi connectivity index (χ3n) is 5.94. The lowest BCUT2D eigenvalue weighted by atomic mass is 10.0. The lowest BCUT2D eigenvalue weighted by molar-refractivity contribution is -0.120. The first-order chi connectivity index (χ1) is 15.2. The second-order valence-electron chi connectivity index (χ2n) is 7.77. The SMILES string of the molecule is COc1ccccc1N1CCN([C@H](C)C(=O)Nc2ccccc2-c2ccccc2)CC1. The van der Waals surface area contributed by atoms with E-state index in [-0.39, 0.29) is 11.9 Å². The molecule has 0 spiro atoms. The number of nitrogens with zero attached hydrogens (tertiary/aromatic N) is 2. The van der Waals surface area contributed by atoms with Crippen molar-refractivity contribution >= 4 is 17.3 Å². The molecule has 0 aromatic heterocycles. The van der Waals surface area contributed by atoms with Gasteiger partial charge >= 0.3 is 0 Å². The van der Waals surface area contributed by atoms with Crippen LogP contribution in [0.15, 0.2) is 78.9 Å². The number of benzene rings is 3. The monoisotopic (exact) mass is 415 g/mol. The topological polar surface area (TPSA) is 44.8 Å². The molecule has 5 nitrogen and oxygen atoms in total. The van der Waals surface area contributed by atoms with Crippen molar-refractivity contribution < 1.29 is 9.53 Å². The molecule has 1 fully saturated rings. The van der Waals surface area contributed by atoms with Crippen LogP contribution in [0.3, 0.4) is 0 Å². The summed E-state index contributed by atoms with van der Waals surface area (Å²) in [5.41, 5.74) is 4.08. The number of carbonyl (C=O) groups excluding carboxylic acids is 1. The molecule has 1 aliphatic rings. The minimum Gasteiger partial charge on any atom is -0.495 e. The van der Waals surface area contributed by atoms with Crippen LogP contribution in [-0.2, 0) is 4.79 Å². The number of rotatable bonds is 6. The van der Waals surface area contributed by atoms with E-state index in [1.54, 1.807) is 7.11 Å². The maximum atomic E-state index is 13.1. The highest BCUT2D eigenvalue weighted by Gasteiger charge is 2.27. The summed E-state index contributed by atoms with van der Waals surface area (Å²) in [6.07, 6.45) is 0. The summed E-state index contributed by atoms with van der Waals surface area (Å²) in [6.45, 7) is 5.36. The Morgan fingerprint density at radius 1 is 0.871 bits per heavy atom. The van der Waals surface area contributed by atoms with Crippen molar-refractivity contribution in [2.75, 3.05) is 43.5 Å². The molecule has 1 heterocycles. The van der Waals surface area contributed by atoms with Crippen molar-refractivity contribution in [2.24, 2.45) is 0 Å². The summed E-state index contributed by atoms with van der Waals surface area (Å²) in [5.74, 6) is 0.911. The molecule has 0 bridgehead atoms. The van der Waals surface area contributed by atoms with Crippen LogP contribution in [0.5, 0.6) is 5.75 Å². The van der Waals surface area contributed by atoms with Crippen molar-refractivity contribution in [2.45, 2.75) is 13.0 Å². The zero-order valence-corrected chi connectivity index (χ0v) is 18.1. The number of amides is 1. The molecular formula is C26H29N3O2. The Morgan fingerprint density at radius 2 is 1.52 bits per heavy atom. The van der Waals surface area contributed by atoms with E-state index in [0.29, 0.717) is 0 Å². The largest absolute Gasteiger partial charge is 0.495 e. The minimum atomic E-state index is -0.205. The van der Waals surface area contributed by atoms with Gasteiger partial charge in [-0.3, -0.25) is 9.69 Å². The number of methoxy groups -OCH3 is 1. The van der Waals surface area contributed by atoms with E-state index in [0.717, 1.165) is 54.4 Å². The fourth-order valence-electron chi connectivity index (χ4n) is 4.11. The number of hydrogen-bond acceptors (Lipinski definition) is 4. The van der Waals surface area contributed by atoms with Crippen LogP contribution in [0, 0.1) is 0 Å². The molecule has 3 aromatic carbocycles. The Kier molecular flexibility index (Phi) is 6.53. The van der Waals surface area contributed by atoms with Gasteiger partial charge in [0.05, 0.1) is 18.8 Å². The molecule has 1 aliphatic heterocycles. The predicted octanol–water partition coefficient (Wildman–Crippen LogP) is 4.51. The molecule has 0 unspecified atom stereocenters. The molecule has 0 aliphatic carbocycles. The van der Waals surface area contributed by atoms with E-state index in [1.165, 1.54) is 0 Å². The first kappa shape index (κ1) is 20.9. The molecular weight excluding hydrogens is 386 g/mol. The lowest BCUT2D eigenvalue weighted by Gasteiger charge is -2.39. The molecule has 1 amide bonds. The van der Waals surface area contributed by atoms with Crippen LogP contribution >= 0.6 is 0 Å². The highest BCUT2D eigenvalue weighted by molar-refractivity contribution is 5.98. The van der Waals surface area contributed by atoms with E-state index in [1.807, 2.05) is 67.6 Å². The Morgan fingerprint density at radius 3 is 2.26 bits per heavy atom. The van der Waals surface area contributed by atoms with Gasteiger partial charge in [-0.25, -0.2) is 0 Å². The Labute approximate surface area is 184 Å². The molecule has 1 atom stereocenters. The van der Waals surface area contributed by atoms with Crippen molar-refractivity contribution in [3.05, 3.63) is 78.9 Å². The highest BCUT2D eigenvalue weighted by Crippen LogP contribution is 2.30. The van der Waals surface area contributed by atoms with Crippen LogP contribution in [0.25, 0.3) is 11.1 Å². The zero-order valence-electron chi connectivity index (χ0n) is 18.1. The standard InChI is InChI=1S/C26H29N3O2/c1-20(28-16-18-29(19-17-28)24-14-8-9-15-25(24)31-2)26(30)27-23-13-7-6-12-22(23)21-10-4-3-5-11-21/h3-15,20H,16-19H2,1-2H3,(H,27,30)/t20-/m1/s1. The van der Waals surface area contributed by atoms with Crippen LogP contribution in [0.4, 0.5) is 11.4 Å². The Bertz CT molecular complexity index is 1010. The van der Waals surface area contributed by atoms with E-state index in [4.69, 9.17) is 4.74 Å². The van der Waals surface area contributed by atoms with Crippen molar-refractivity contribution in [1.29, 1.82) is 0 Å². The normalized spacial score (nSPS) is 15.4. The molecule has 0 radical (unpaired) electrons. The van der Waals surface area contributed by atoms with Crippen LogP contribution in [-0.4, -0.2) is 50.1 Å². The molecule has 0 saturated carbocycles. The lowest BCUT2D eigenvalue weighted by Crippen LogP contribution is -2.52. The average molecular weight is 416 g/mol. The van der Waals surface area contributed by atoms with Crippen molar-refractivity contribution in [1.82, 2.24) is 4.90 Å². The summed E-state index contributed by atoms with van der Waals surface area (Å²) in [5, 5.41) is 3.15. The molecule has 1 saturated heterocycles. The molecule has 1 N–H and O–H groups in total. The summed E-state index contributed by atoms with van der Waals surface area (Å²) in [4.78, 5) is 17.6. The number of piperazine rings is 1. The van der Waals surface area contributed by atoms with Gasteiger partial charge in [-0.05, 0) is 30.7 Å². The summed E-state index contributed by atoms with van der Waals surface area (Å²) >= 11 is 0. The minimum absolute atomic E-state index is 0.0223. The van der Waals surface area contributed by atoms with E-state index in [9.17, 15) is 4.79 Å². The van der Waals surface area contributed by atoms with E-state index in [2.05, 4.69) is 33.3 Å².